The molecule has 2 rings (SSSR count). The number of benzene rings is 1. The highest BCUT2D eigenvalue weighted by molar-refractivity contribution is 5.88. The molecule has 3 atom stereocenters. The van der Waals surface area contributed by atoms with E-state index in [4.69, 9.17) is 14.2 Å². The zero-order valence-corrected chi connectivity index (χ0v) is 14.2. The predicted octanol–water partition coefficient (Wildman–Crippen LogP) is 1.83. The molecule has 0 aliphatic heterocycles. The fourth-order valence-electron chi connectivity index (χ4n) is 2.72. The van der Waals surface area contributed by atoms with Crippen molar-refractivity contribution in [3.8, 4) is 11.5 Å². The first-order valence-corrected chi connectivity index (χ1v) is 7.51. The topological polar surface area (TPSA) is 65.1 Å². The normalized spacial score (nSPS) is 20.4. The van der Waals surface area contributed by atoms with Crippen molar-refractivity contribution < 1.29 is 23.8 Å². The smallest absolute Gasteiger partial charge is 0.328 e. The fraction of sp³-hybridized carbons (Fsp3) is 0.529. The summed E-state index contributed by atoms with van der Waals surface area (Å²) >= 11 is 0. The molecule has 6 nitrogen and oxygen atoms in total. The van der Waals surface area contributed by atoms with Crippen LogP contribution >= 0.6 is 0 Å². The number of likely N-dealkylation sites (N-methyl/N-ethyl adjacent to an activating group) is 1. The van der Waals surface area contributed by atoms with Crippen LogP contribution in [-0.2, 0) is 14.3 Å². The first kappa shape index (κ1) is 17.1. The van der Waals surface area contributed by atoms with Crippen LogP contribution in [-0.4, -0.2) is 51.2 Å². The van der Waals surface area contributed by atoms with E-state index < -0.39 is 12.0 Å². The molecule has 1 aliphatic carbocycles. The van der Waals surface area contributed by atoms with Crippen LogP contribution in [0.25, 0.3) is 0 Å². The summed E-state index contributed by atoms with van der Waals surface area (Å²) in [5, 5.41) is 0. The number of ether oxygens (including phenoxy) is 3. The Balaban J connectivity index is 2.12. The zero-order chi connectivity index (χ0) is 17.1. The van der Waals surface area contributed by atoms with Crippen LogP contribution in [0, 0.1) is 5.92 Å². The number of methoxy groups -OCH3 is 3. The molecule has 1 fully saturated rings. The molecule has 0 unspecified atom stereocenters. The summed E-state index contributed by atoms with van der Waals surface area (Å²) in [5.41, 5.74) is 0.962. The molecule has 6 heteroatoms. The zero-order valence-electron chi connectivity index (χ0n) is 14.2. The number of rotatable bonds is 6. The summed E-state index contributed by atoms with van der Waals surface area (Å²) in [7, 11) is 6.16. The molecule has 0 bridgehead atoms. The molecule has 0 heterocycles. The Kier molecular flexibility index (Phi) is 5.13. The maximum absolute atomic E-state index is 12.6. The van der Waals surface area contributed by atoms with Gasteiger partial charge in [0.05, 0.1) is 21.3 Å². The minimum atomic E-state index is -0.596. The third-order valence-electron chi connectivity index (χ3n) is 4.41. The Labute approximate surface area is 136 Å². The number of carbonyl (C=O) groups excluding carboxylic acids is 2. The first-order valence-electron chi connectivity index (χ1n) is 7.51. The van der Waals surface area contributed by atoms with Crippen molar-refractivity contribution in [1.82, 2.24) is 4.90 Å². The summed E-state index contributed by atoms with van der Waals surface area (Å²) in [4.78, 5) is 25.6. The third-order valence-corrected chi connectivity index (χ3v) is 4.41. The second kappa shape index (κ2) is 6.89. The van der Waals surface area contributed by atoms with Gasteiger partial charge in [0, 0.05) is 24.4 Å². The van der Waals surface area contributed by atoms with E-state index in [-0.39, 0.29) is 17.7 Å². The largest absolute Gasteiger partial charge is 0.497 e. The maximum atomic E-state index is 12.6. The second-order valence-electron chi connectivity index (χ2n) is 5.70. The fourth-order valence-corrected chi connectivity index (χ4v) is 2.72. The summed E-state index contributed by atoms with van der Waals surface area (Å²) in [6.45, 7) is 1.66. The van der Waals surface area contributed by atoms with Gasteiger partial charge in [-0.2, -0.15) is 0 Å². The molecule has 0 radical (unpaired) electrons. The molecule has 1 saturated carbocycles. The highest BCUT2D eigenvalue weighted by Crippen LogP contribution is 2.52. The van der Waals surface area contributed by atoms with Crippen LogP contribution in [0.4, 0.5) is 0 Å². The monoisotopic (exact) mass is 321 g/mol. The molecular weight excluding hydrogens is 298 g/mol. The Bertz CT molecular complexity index is 601. The van der Waals surface area contributed by atoms with E-state index in [1.165, 1.54) is 12.0 Å². The molecule has 0 spiro atoms. The van der Waals surface area contributed by atoms with Gasteiger partial charge in [-0.3, -0.25) is 4.79 Å². The van der Waals surface area contributed by atoms with Crippen molar-refractivity contribution in [3.63, 3.8) is 0 Å². The van der Waals surface area contributed by atoms with Gasteiger partial charge >= 0.3 is 5.97 Å². The first-order chi connectivity index (χ1) is 10.9. The quantitative estimate of drug-likeness (QED) is 0.748. The van der Waals surface area contributed by atoms with Crippen LogP contribution < -0.4 is 9.47 Å². The maximum Gasteiger partial charge on any atom is 0.328 e. The van der Waals surface area contributed by atoms with Crippen LogP contribution in [0.3, 0.4) is 0 Å². The Hall–Kier alpha value is -2.24. The molecule has 1 amide bonds. The number of hydrogen-bond donors (Lipinski definition) is 0. The molecule has 1 aromatic rings. The van der Waals surface area contributed by atoms with E-state index >= 15 is 0 Å². The standard InChI is InChI=1S/C17H23NO5/c1-10(17(20)23-5)18(2)16(19)14-9-12(14)13-8-11(21-3)6-7-15(13)22-4/h6-8,10,12,14H,9H2,1-5H3/t10-,12+,14-/m0/s1. The average Bonchev–Trinajstić information content (AvgIpc) is 3.38. The Morgan fingerprint density at radius 1 is 1.22 bits per heavy atom. The number of carbonyl (C=O) groups is 2. The number of esters is 1. The van der Waals surface area contributed by atoms with Gasteiger partial charge in [0.15, 0.2) is 0 Å². The highest BCUT2D eigenvalue weighted by Gasteiger charge is 2.47. The van der Waals surface area contributed by atoms with Crippen molar-refractivity contribution in [2.75, 3.05) is 28.4 Å². The van der Waals surface area contributed by atoms with E-state index in [9.17, 15) is 9.59 Å². The lowest BCUT2D eigenvalue weighted by molar-refractivity contribution is -0.151. The molecule has 0 N–H and O–H groups in total. The van der Waals surface area contributed by atoms with Gasteiger partial charge in [-0.15, -0.1) is 0 Å². The van der Waals surface area contributed by atoms with Crippen molar-refractivity contribution in [2.24, 2.45) is 5.92 Å². The lowest BCUT2D eigenvalue weighted by Crippen LogP contribution is -2.41. The molecule has 0 saturated heterocycles. The van der Waals surface area contributed by atoms with E-state index in [2.05, 4.69) is 0 Å². The third kappa shape index (κ3) is 3.41. The van der Waals surface area contributed by atoms with Gasteiger partial charge in [0.2, 0.25) is 5.91 Å². The second-order valence-corrected chi connectivity index (χ2v) is 5.70. The van der Waals surface area contributed by atoms with Gasteiger partial charge in [-0.05, 0) is 31.5 Å². The van der Waals surface area contributed by atoms with Crippen molar-refractivity contribution >= 4 is 11.9 Å². The van der Waals surface area contributed by atoms with E-state index in [1.807, 2.05) is 18.2 Å². The Morgan fingerprint density at radius 2 is 1.91 bits per heavy atom. The van der Waals surface area contributed by atoms with Gasteiger partial charge in [-0.1, -0.05) is 0 Å². The van der Waals surface area contributed by atoms with E-state index in [0.29, 0.717) is 0 Å². The van der Waals surface area contributed by atoms with Crippen LogP contribution in [0.2, 0.25) is 0 Å². The minimum absolute atomic E-state index is 0.0576. The summed E-state index contributed by atoms with van der Waals surface area (Å²) in [5.74, 6) is 0.938. The minimum Gasteiger partial charge on any atom is -0.497 e. The molecule has 126 valence electrons. The van der Waals surface area contributed by atoms with Gasteiger partial charge in [0.1, 0.15) is 17.5 Å². The highest BCUT2D eigenvalue weighted by atomic mass is 16.5. The molecular formula is C17H23NO5. The van der Waals surface area contributed by atoms with Crippen LogP contribution in [0.1, 0.15) is 24.8 Å². The van der Waals surface area contributed by atoms with Gasteiger partial charge < -0.3 is 19.1 Å². The van der Waals surface area contributed by atoms with E-state index in [1.54, 1.807) is 28.2 Å². The predicted molar refractivity (Wildman–Crippen MR) is 84.6 cm³/mol. The van der Waals surface area contributed by atoms with Gasteiger partial charge in [0.25, 0.3) is 0 Å². The number of hydrogen-bond acceptors (Lipinski definition) is 5. The summed E-state index contributed by atoms with van der Waals surface area (Å²) in [6.07, 6.45) is 0.737. The van der Waals surface area contributed by atoms with E-state index in [0.717, 1.165) is 23.5 Å². The van der Waals surface area contributed by atoms with Crippen LogP contribution in [0.5, 0.6) is 11.5 Å². The summed E-state index contributed by atoms with van der Waals surface area (Å²) < 4.78 is 15.3. The lowest BCUT2D eigenvalue weighted by atomic mass is 10.1. The van der Waals surface area contributed by atoms with Crippen LogP contribution in [0.15, 0.2) is 18.2 Å². The van der Waals surface area contributed by atoms with Crippen molar-refractivity contribution in [1.29, 1.82) is 0 Å². The summed E-state index contributed by atoms with van der Waals surface area (Å²) in [6, 6.07) is 4.98. The molecule has 23 heavy (non-hydrogen) atoms. The lowest BCUT2D eigenvalue weighted by Gasteiger charge is -2.23. The number of nitrogens with zero attached hydrogens (tertiary/aromatic N) is 1. The van der Waals surface area contributed by atoms with Crippen molar-refractivity contribution in [2.45, 2.75) is 25.3 Å². The SMILES string of the molecule is COC(=O)[C@H](C)N(C)C(=O)[C@H]1C[C@@H]1c1cc(OC)ccc1OC. The Morgan fingerprint density at radius 3 is 2.48 bits per heavy atom. The molecule has 1 aromatic carbocycles. The number of amides is 1. The van der Waals surface area contributed by atoms with Gasteiger partial charge in [-0.25, -0.2) is 4.79 Å². The molecule has 0 aromatic heterocycles. The van der Waals surface area contributed by atoms with Crippen molar-refractivity contribution in [3.05, 3.63) is 23.8 Å². The molecule has 1 aliphatic rings. The average molecular weight is 321 g/mol.